The van der Waals surface area contributed by atoms with Crippen LogP contribution in [0.4, 0.5) is 0 Å². The molecule has 0 spiro atoms. The van der Waals surface area contributed by atoms with Gasteiger partial charge < -0.3 is 19.1 Å². The Balaban J connectivity index is 2.14. The molecule has 0 aromatic heterocycles. The number of benzene rings is 1. The maximum atomic E-state index is 13.0. The largest absolute Gasteiger partial charge is 0.497 e. The number of ether oxygens (including phenoxy) is 3. The molecule has 9 heteroatoms. The Morgan fingerprint density at radius 1 is 1.15 bits per heavy atom. The van der Waals surface area contributed by atoms with Gasteiger partial charge in [0.15, 0.2) is 0 Å². The molecule has 1 atom stereocenters. The molecule has 1 heterocycles. The van der Waals surface area contributed by atoms with Crippen LogP contribution in [0.5, 0.6) is 11.5 Å². The van der Waals surface area contributed by atoms with E-state index in [-0.39, 0.29) is 29.6 Å². The van der Waals surface area contributed by atoms with Gasteiger partial charge in [0.1, 0.15) is 22.5 Å². The van der Waals surface area contributed by atoms with Crippen LogP contribution in [-0.2, 0) is 19.6 Å². The number of hydrogen-bond acceptors (Lipinski definition) is 6. The summed E-state index contributed by atoms with van der Waals surface area (Å²) in [4.78, 5) is 14.0. The number of amides is 1. The van der Waals surface area contributed by atoms with Gasteiger partial charge in [-0.2, -0.15) is 4.31 Å². The summed E-state index contributed by atoms with van der Waals surface area (Å²) in [6.45, 7) is 5.06. The van der Waals surface area contributed by atoms with Gasteiger partial charge >= 0.3 is 0 Å². The molecule has 1 aromatic rings. The molecule has 1 amide bonds. The Kier molecular flexibility index (Phi) is 6.85. The molecular formula is C17H26N2O6S. The Labute approximate surface area is 154 Å². The summed E-state index contributed by atoms with van der Waals surface area (Å²) in [6.07, 6.45) is -0.526. The van der Waals surface area contributed by atoms with Crippen LogP contribution in [0.3, 0.4) is 0 Å². The number of methoxy groups -OCH3 is 2. The number of sulfonamides is 1. The molecule has 26 heavy (non-hydrogen) atoms. The second-order valence-electron chi connectivity index (χ2n) is 5.84. The molecule has 1 aliphatic rings. The zero-order valence-corrected chi connectivity index (χ0v) is 16.4. The van der Waals surface area contributed by atoms with E-state index in [1.54, 1.807) is 24.0 Å². The van der Waals surface area contributed by atoms with Gasteiger partial charge in [-0.15, -0.1) is 0 Å². The maximum absolute atomic E-state index is 13.0. The fourth-order valence-electron chi connectivity index (χ4n) is 2.85. The standard InChI is InChI=1S/C17H26N2O6S/c1-5-25-13(2)17(20)18-8-10-19(11-9-18)26(21,22)16-12-14(23-3)6-7-15(16)24-4/h6-7,12-13H,5,8-11H2,1-4H3. The summed E-state index contributed by atoms with van der Waals surface area (Å²) in [6, 6.07) is 4.65. The van der Waals surface area contributed by atoms with Crippen molar-refractivity contribution in [2.45, 2.75) is 24.8 Å². The lowest BCUT2D eigenvalue weighted by Gasteiger charge is -2.35. The van der Waals surface area contributed by atoms with E-state index < -0.39 is 16.1 Å². The fourth-order valence-corrected chi connectivity index (χ4v) is 4.44. The number of carbonyl (C=O) groups is 1. The molecule has 1 aromatic carbocycles. The lowest BCUT2D eigenvalue weighted by molar-refractivity contribution is -0.143. The van der Waals surface area contributed by atoms with Gasteiger partial charge in [0, 0.05) is 38.9 Å². The Morgan fingerprint density at radius 2 is 1.81 bits per heavy atom. The number of nitrogens with zero attached hydrogens (tertiary/aromatic N) is 2. The molecule has 8 nitrogen and oxygen atoms in total. The van der Waals surface area contributed by atoms with Crippen molar-refractivity contribution in [1.82, 2.24) is 9.21 Å². The predicted octanol–water partition coefficient (Wildman–Crippen LogP) is 0.962. The van der Waals surface area contributed by atoms with Crippen LogP contribution >= 0.6 is 0 Å². The summed E-state index contributed by atoms with van der Waals surface area (Å²) in [5.74, 6) is 0.570. The zero-order chi connectivity index (χ0) is 19.3. The van der Waals surface area contributed by atoms with Gasteiger partial charge in [-0.1, -0.05) is 0 Å². The third-order valence-electron chi connectivity index (χ3n) is 4.30. The first-order chi connectivity index (χ1) is 12.3. The highest BCUT2D eigenvalue weighted by molar-refractivity contribution is 7.89. The highest BCUT2D eigenvalue weighted by Gasteiger charge is 2.33. The molecule has 1 unspecified atom stereocenters. The molecule has 1 fully saturated rings. The van der Waals surface area contributed by atoms with E-state index in [9.17, 15) is 13.2 Å². The predicted molar refractivity (Wildman–Crippen MR) is 96.0 cm³/mol. The van der Waals surface area contributed by atoms with Gasteiger partial charge in [-0.05, 0) is 26.0 Å². The number of piperazine rings is 1. The summed E-state index contributed by atoms with van der Waals surface area (Å²) in [5.41, 5.74) is 0. The highest BCUT2D eigenvalue weighted by Crippen LogP contribution is 2.31. The fraction of sp³-hybridized carbons (Fsp3) is 0.588. The first-order valence-corrected chi connectivity index (χ1v) is 9.91. The molecular weight excluding hydrogens is 360 g/mol. The van der Waals surface area contributed by atoms with E-state index in [0.717, 1.165) is 0 Å². The lowest BCUT2D eigenvalue weighted by atomic mass is 10.3. The molecule has 146 valence electrons. The quantitative estimate of drug-likeness (QED) is 0.694. The van der Waals surface area contributed by atoms with Crippen LogP contribution in [0.2, 0.25) is 0 Å². The van der Waals surface area contributed by atoms with E-state index in [4.69, 9.17) is 14.2 Å². The lowest BCUT2D eigenvalue weighted by Crippen LogP contribution is -2.52. The summed E-state index contributed by atoms with van der Waals surface area (Å²) in [5, 5.41) is 0. The molecule has 1 saturated heterocycles. The van der Waals surface area contributed by atoms with E-state index >= 15 is 0 Å². The molecule has 1 aliphatic heterocycles. The van der Waals surface area contributed by atoms with Crippen molar-refractivity contribution < 1.29 is 27.4 Å². The van der Waals surface area contributed by atoms with Crippen LogP contribution in [0, 0.1) is 0 Å². The van der Waals surface area contributed by atoms with Crippen molar-refractivity contribution >= 4 is 15.9 Å². The average molecular weight is 386 g/mol. The van der Waals surface area contributed by atoms with Gasteiger partial charge in [0.25, 0.3) is 5.91 Å². The topological polar surface area (TPSA) is 85.4 Å². The van der Waals surface area contributed by atoms with Crippen LogP contribution in [0.1, 0.15) is 13.8 Å². The summed E-state index contributed by atoms with van der Waals surface area (Å²) < 4.78 is 43.0. The maximum Gasteiger partial charge on any atom is 0.251 e. The van der Waals surface area contributed by atoms with Crippen molar-refractivity contribution in [2.24, 2.45) is 0 Å². The van der Waals surface area contributed by atoms with Crippen molar-refractivity contribution in [3.8, 4) is 11.5 Å². The van der Waals surface area contributed by atoms with Crippen molar-refractivity contribution in [1.29, 1.82) is 0 Å². The second-order valence-corrected chi connectivity index (χ2v) is 7.75. The summed E-state index contributed by atoms with van der Waals surface area (Å²) >= 11 is 0. The molecule has 0 radical (unpaired) electrons. The molecule has 0 saturated carbocycles. The van der Waals surface area contributed by atoms with Gasteiger partial charge in [0.05, 0.1) is 14.2 Å². The number of hydrogen-bond donors (Lipinski definition) is 0. The minimum atomic E-state index is -3.76. The molecule has 0 N–H and O–H groups in total. The van der Waals surface area contributed by atoms with E-state index in [0.29, 0.717) is 25.4 Å². The van der Waals surface area contributed by atoms with Gasteiger partial charge in [0.2, 0.25) is 10.0 Å². The SMILES string of the molecule is CCOC(C)C(=O)N1CCN(S(=O)(=O)c2cc(OC)ccc2OC)CC1. The van der Waals surface area contributed by atoms with E-state index in [2.05, 4.69) is 0 Å². The van der Waals surface area contributed by atoms with Crippen LogP contribution in [-0.4, -0.2) is 76.6 Å². The summed E-state index contributed by atoms with van der Waals surface area (Å²) in [7, 11) is -0.860. The van der Waals surface area contributed by atoms with Crippen molar-refractivity contribution in [3.63, 3.8) is 0 Å². The van der Waals surface area contributed by atoms with E-state index in [1.165, 1.54) is 24.6 Å². The minimum absolute atomic E-state index is 0.0572. The Bertz CT molecular complexity index is 729. The normalized spacial score (nSPS) is 17.0. The van der Waals surface area contributed by atoms with Gasteiger partial charge in [-0.3, -0.25) is 4.79 Å². The Hall–Kier alpha value is -1.84. The minimum Gasteiger partial charge on any atom is -0.497 e. The van der Waals surface area contributed by atoms with Crippen LogP contribution in [0.25, 0.3) is 0 Å². The first kappa shape index (κ1) is 20.5. The highest BCUT2D eigenvalue weighted by atomic mass is 32.2. The van der Waals surface area contributed by atoms with Crippen molar-refractivity contribution in [3.05, 3.63) is 18.2 Å². The smallest absolute Gasteiger partial charge is 0.251 e. The Morgan fingerprint density at radius 3 is 2.35 bits per heavy atom. The number of carbonyl (C=O) groups excluding carboxylic acids is 1. The third kappa shape index (κ3) is 4.28. The second kappa shape index (κ2) is 8.70. The van der Waals surface area contributed by atoms with Crippen LogP contribution in [0.15, 0.2) is 23.1 Å². The average Bonchev–Trinajstić information content (AvgIpc) is 2.67. The van der Waals surface area contributed by atoms with E-state index in [1.807, 2.05) is 6.92 Å². The first-order valence-electron chi connectivity index (χ1n) is 8.47. The van der Waals surface area contributed by atoms with Crippen molar-refractivity contribution in [2.75, 3.05) is 47.0 Å². The molecule has 0 bridgehead atoms. The zero-order valence-electron chi connectivity index (χ0n) is 15.6. The van der Waals surface area contributed by atoms with Gasteiger partial charge in [-0.25, -0.2) is 8.42 Å². The molecule has 0 aliphatic carbocycles. The molecule has 2 rings (SSSR count). The number of rotatable bonds is 7. The monoisotopic (exact) mass is 386 g/mol. The third-order valence-corrected chi connectivity index (χ3v) is 6.22. The van der Waals surface area contributed by atoms with Crippen LogP contribution < -0.4 is 9.47 Å².